The summed E-state index contributed by atoms with van der Waals surface area (Å²) in [6.07, 6.45) is 1.73. The van der Waals surface area contributed by atoms with Gasteiger partial charge >= 0.3 is 6.03 Å². The lowest BCUT2D eigenvalue weighted by Gasteiger charge is -2.37. The van der Waals surface area contributed by atoms with Gasteiger partial charge in [-0.05, 0) is 26.3 Å². The molecule has 0 aliphatic carbocycles. The molecule has 5 nitrogen and oxygen atoms in total. The van der Waals surface area contributed by atoms with Crippen molar-refractivity contribution in [2.45, 2.75) is 25.3 Å². The Morgan fingerprint density at radius 3 is 2.73 bits per heavy atom. The number of imide groups is 1. The van der Waals surface area contributed by atoms with Gasteiger partial charge in [0, 0.05) is 20.1 Å². The van der Waals surface area contributed by atoms with Gasteiger partial charge in [-0.25, -0.2) is 4.79 Å². The molecule has 2 rings (SSSR count). The Hall–Kier alpha value is -1.10. The van der Waals surface area contributed by atoms with Gasteiger partial charge in [0.05, 0.1) is 0 Å². The fourth-order valence-corrected chi connectivity index (χ4v) is 2.62. The lowest BCUT2D eigenvalue weighted by molar-refractivity contribution is -0.133. The van der Waals surface area contributed by atoms with E-state index in [2.05, 4.69) is 5.32 Å². The fourth-order valence-electron chi connectivity index (χ4n) is 2.62. The summed E-state index contributed by atoms with van der Waals surface area (Å²) in [6, 6.07) is -0.161. The van der Waals surface area contributed by atoms with Crippen LogP contribution in [0.3, 0.4) is 0 Å². The van der Waals surface area contributed by atoms with E-state index in [4.69, 9.17) is 0 Å². The van der Waals surface area contributed by atoms with Crippen LogP contribution in [0.4, 0.5) is 4.79 Å². The molecule has 3 amide bonds. The first-order valence-electron chi connectivity index (χ1n) is 5.44. The summed E-state index contributed by atoms with van der Waals surface area (Å²) in [5.41, 5.74) is -0.598. The van der Waals surface area contributed by atoms with Gasteiger partial charge in [-0.2, -0.15) is 0 Å². The number of nitrogens with zero attached hydrogens (tertiary/aromatic N) is 2. The number of urea groups is 1. The van der Waals surface area contributed by atoms with Crippen molar-refractivity contribution in [1.29, 1.82) is 0 Å². The molecule has 15 heavy (non-hydrogen) atoms. The van der Waals surface area contributed by atoms with Crippen molar-refractivity contribution in [3.05, 3.63) is 0 Å². The Labute approximate surface area is 89.4 Å². The van der Waals surface area contributed by atoms with Gasteiger partial charge in [0.25, 0.3) is 5.91 Å². The predicted octanol–water partition coefficient (Wildman–Crippen LogP) is 0.0225. The monoisotopic (exact) mass is 211 g/mol. The number of nitrogens with one attached hydrogen (secondary N) is 1. The molecule has 5 heteroatoms. The van der Waals surface area contributed by atoms with Crippen LogP contribution in [0.25, 0.3) is 0 Å². The molecule has 2 heterocycles. The molecule has 0 saturated carbocycles. The number of amides is 3. The molecule has 1 N–H and O–H groups in total. The van der Waals surface area contributed by atoms with Gasteiger partial charge in [-0.1, -0.05) is 0 Å². The molecule has 1 spiro atoms. The molecule has 0 aromatic carbocycles. The number of rotatable bonds is 1. The maximum absolute atomic E-state index is 12.1. The van der Waals surface area contributed by atoms with E-state index in [1.807, 2.05) is 6.92 Å². The number of likely N-dealkylation sites (N-methyl/N-ethyl adjacent to an activating group) is 2. The second-order valence-electron chi connectivity index (χ2n) is 4.20. The lowest BCUT2D eigenvalue weighted by atomic mass is 9.88. The molecule has 1 unspecified atom stereocenters. The highest BCUT2D eigenvalue weighted by molar-refractivity contribution is 6.07. The highest BCUT2D eigenvalue weighted by Gasteiger charge is 2.55. The third-order valence-corrected chi connectivity index (χ3v) is 3.41. The van der Waals surface area contributed by atoms with Gasteiger partial charge in [-0.15, -0.1) is 0 Å². The highest BCUT2D eigenvalue weighted by atomic mass is 16.2. The SMILES string of the molecule is CCN1C(=O)N(C)C(=O)C12CCCNC2. The summed E-state index contributed by atoms with van der Waals surface area (Å²) >= 11 is 0. The smallest absolute Gasteiger partial charge is 0.314 e. The molecular weight excluding hydrogens is 194 g/mol. The van der Waals surface area contributed by atoms with E-state index in [0.717, 1.165) is 19.4 Å². The number of carbonyl (C=O) groups is 2. The van der Waals surface area contributed by atoms with E-state index >= 15 is 0 Å². The van der Waals surface area contributed by atoms with Gasteiger partial charge in [0.2, 0.25) is 0 Å². The summed E-state index contributed by atoms with van der Waals surface area (Å²) < 4.78 is 0. The molecule has 2 fully saturated rings. The molecule has 84 valence electrons. The number of piperidine rings is 1. The van der Waals surface area contributed by atoms with Crippen molar-refractivity contribution in [3.8, 4) is 0 Å². The Morgan fingerprint density at radius 1 is 1.47 bits per heavy atom. The van der Waals surface area contributed by atoms with Crippen molar-refractivity contribution < 1.29 is 9.59 Å². The van der Waals surface area contributed by atoms with Crippen LogP contribution in [0.1, 0.15) is 19.8 Å². The molecule has 0 aromatic rings. The number of hydrogen-bond donors (Lipinski definition) is 1. The summed E-state index contributed by atoms with van der Waals surface area (Å²) in [6.45, 7) is 4.04. The van der Waals surface area contributed by atoms with E-state index < -0.39 is 5.54 Å². The van der Waals surface area contributed by atoms with E-state index in [0.29, 0.717) is 13.1 Å². The average Bonchev–Trinajstić information content (AvgIpc) is 2.43. The van der Waals surface area contributed by atoms with Crippen LogP contribution in [0.5, 0.6) is 0 Å². The van der Waals surface area contributed by atoms with E-state index in [9.17, 15) is 9.59 Å². The zero-order chi connectivity index (χ0) is 11.1. The first-order valence-corrected chi connectivity index (χ1v) is 5.44. The second-order valence-corrected chi connectivity index (χ2v) is 4.20. The number of carbonyl (C=O) groups excluding carboxylic acids is 2. The molecule has 2 saturated heterocycles. The van der Waals surface area contributed by atoms with Crippen LogP contribution in [-0.4, -0.2) is 54.0 Å². The maximum Gasteiger partial charge on any atom is 0.327 e. The van der Waals surface area contributed by atoms with Crippen LogP contribution in [0, 0.1) is 0 Å². The summed E-state index contributed by atoms with van der Waals surface area (Å²) in [4.78, 5) is 26.9. The second kappa shape index (κ2) is 3.48. The standard InChI is InChI=1S/C10H17N3O2/c1-3-13-9(15)12(2)8(14)10(13)5-4-6-11-7-10/h11H,3-7H2,1-2H3. The quantitative estimate of drug-likeness (QED) is 0.622. The molecule has 2 aliphatic rings. The Morgan fingerprint density at radius 2 is 2.20 bits per heavy atom. The van der Waals surface area contributed by atoms with Crippen LogP contribution in [0.15, 0.2) is 0 Å². The number of hydrogen-bond acceptors (Lipinski definition) is 3. The molecular formula is C10H17N3O2. The highest BCUT2D eigenvalue weighted by Crippen LogP contribution is 2.32. The van der Waals surface area contributed by atoms with Crippen LogP contribution >= 0.6 is 0 Å². The topological polar surface area (TPSA) is 52.7 Å². The van der Waals surface area contributed by atoms with Crippen molar-refractivity contribution >= 4 is 11.9 Å². The van der Waals surface area contributed by atoms with Crippen LogP contribution in [-0.2, 0) is 4.79 Å². The van der Waals surface area contributed by atoms with E-state index in [1.165, 1.54) is 4.90 Å². The maximum atomic E-state index is 12.1. The summed E-state index contributed by atoms with van der Waals surface area (Å²) in [7, 11) is 1.57. The third-order valence-electron chi connectivity index (χ3n) is 3.41. The zero-order valence-corrected chi connectivity index (χ0v) is 9.25. The Kier molecular flexibility index (Phi) is 2.42. The minimum atomic E-state index is -0.598. The summed E-state index contributed by atoms with van der Waals surface area (Å²) in [5, 5.41) is 3.21. The molecule has 0 aromatic heterocycles. The summed E-state index contributed by atoms with van der Waals surface area (Å²) in [5.74, 6) is -0.0541. The third kappa shape index (κ3) is 1.26. The predicted molar refractivity (Wildman–Crippen MR) is 55.4 cm³/mol. The first-order chi connectivity index (χ1) is 7.13. The first kappa shape index (κ1) is 10.4. The molecule has 0 bridgehead atoms. The van der Waals surface area contributed by atoms with Gasteiger partial charge in [0.15, 0.2) is 0 Å². The van der Waals surface area contributed by atoms with Crippen molar-refractivity contribution in [2.24, 2.45) is 0 Å². The van der Waals surface area contributed by atoms with E-state index in [-0.39, 0.29) is 11.9 Å². The van der Waals surface area contributed by atoms with Crippen LogP contribution < -0.4 is 5.32 Å². The Balaban J connectivity index is 2.35. The van der Waals surface area contributed by atoms with Crippen molar-refractivity contribution in [2.75, 3.05) is 26.7 Å². The molecule has 2 aliphatic heterocycles. The van der Waals surface area contributed by atoms with Gasteiger partial charge in [-0.3, -0.25) is 9.69 Å². The van der Waals surface area contributed by atoms with Gasteiger partial charge < -0.3 is 10.2 Å². The van der Waals surface area contributed by atoms with E-state index in [1.54, 1.807) is 11.9 Å². The van der Waals surface area contributed by atoms with Crippen molar-refractivity contribution in [3.63, 3.8) is 0 Å². The van der Waals surface area contributed by atoms with Crippen molar-refractivity contribution in [1.82, 2.24) is 15.1 Å². The van der Waals surface area contributed by atoms with Crippen LogP contribution in [0.2, 0.25) is 0 Å². The minimum Gasteiger partial charge on any atom is -0.314 e. The minimum absolute atomic E-state index is 0.0541. The average molecular weight is 211 g/mol. The normalized spacial score (nSPS) is 31.9. The van der Waals surface area contributed by atoms with Gasteiger partial charge in [0.1, 0.15) is 5.54 Å². The lowest BCUT2D eigenvalue weighted by Crippen LogP contribution is -2.58. The Bertz CT molecular complexity index is 297. The molecule has 0 radical (unpaired) electrons. The fraction of sp³-hybridized carbons (Fsp3) is 0.800. The largest absolute Gasteiger partial charge is 0.327 e. The molecule has 1 atom stereocenters. The zero-order valence-electron chi connectivity index (χ0n) is 9.25.